The number of rotatable bonds is 10. The number of nitrogens with zero attached hydrogens (tertiary/aromatic N) is 1. The van der Waals surface area contributed by atoms with E-state index in [2.05, 4.69) is 17.4 Å². The number of carbonyl (C=O) groups is 1. The maximum absolute atomic E-state index is 12.1. The molecule has 0 bridgehead atoms. The molecule has 0 heterocycles. The zero-order chi connectivity index (χ0) is 20.6. The molecule has 2 rings (SSSR count). The van der Waals surface area contributed by atoms with Crippen molar-refractivity contribution in [1.82, 2.24) is 5.32 Å². The number of benzene rings is 2. The summed E-state index contributed by atoms with van der Waals surface area (Å²) in [5, 5.41) is 2.93. The number of ether oxygens (including phenoxy) is 1. The molecule has 1 atom stereocenters. The molecule has 0 aliphatic rings. The molecule has 1 N–H and O–H groups in total. The summed E-state index contributed by atoms with van der Waals surface area (Å²) in [4.78, 5) is 12.1. The largest absolute Gasteiger partial charge is 0.484 e. The number of amides is 1. The first-order chi connectivity index (χ1) is 13.3. The van der Waals surface area contributed by atoms with Crippen LogP contribution in [0.1, 0.15) is 25.8 Å². The lowest BCUT2D eigenvalue weighted by atomic mass is 10.1. The Labute approximate surface area is 167 Å². The van der Waals surface area contributed by atoms with Gasteiger partial charge in [-0.3, -0.25) is 9.10 Å². The van der Waals surface area contributed by atoms with Crippen LogP contribution >= 0.6 is 0 Å². The van der Waals surface area contributed by atoms with Crippen molar-refractivity contribution in [3.8, 4) is 5.75 Å². The third-order valence-corrected chi connectivity index (χ3v) is 5.57. The van der Waals surface area contributed by atoms with Gasteiger partial charge in [0.1, 0.15) is 5.75 Å². The van der Waals surface area contributed by atoms with Gasteiger partial charge in [-0.15, -0.1) is 0 Å². The van der Waals surface area contributed by atoms with Crippen molar-refractivity contribution in [2.45, 2.75) is 32.7 Å². The van der Waals surface area contributed by atoms with Gasteiger partial charge in [0.2, 0.25) is 10.0 Å². The van der Waals surface area contributed by atoms with Crippen molar-refractivity contribution < 1.29 is 17.9 Å². The summed E-state index contributed by atoms with van der Waals surface area (Å²) in [5.74, 6) is 0.330. The number of hydrogen-bond donors (Lipinski definition) is 1. The highest BCUT2D eigenvalue weighted by Gasteiger charge is 2.15. The SMILES string of the molecule is CCN(c1ccc(OCC(=O)N[C@H](C)CCc2ccccc2)cc1)S(C)(=O)=O. The first kappa shape index (κ1) is 21.8. The zero-order valence-electron chi connectivity index (χ0n) is 16.6. The summed E-state index contributed by atoms with van der Waals surface area (Å²) in [7, 11) is -3.32. The summed E-state index contributed by atoms with van der Waals surface area (Å²) in [5.41, 5.74) is 1.81. The van der Waals surface area contributed by atoms with E-state index in [1.54, 1.807) is 31.2 Å². The smallest absolute Gasteiger partial charge is 0.258 e. The van der Waals surface area contributed by atoms with Crippen molar-refractivity contribution in [2.24, 2.45) is 0 Å². The molecular formula is C21H28N2O4S. The standard InChI is InChI=1S/C21H28N2O4S/c1-4-23(28(3,25)26)19-12-14-20(15-13-19)27-16-21(24)22-17(2)10-11-18-8-6-5-7-9-18/h5-9,12-15,17H,4,10-11,16H2,1-3H3,(H,22,24)/t17-/m1/s1. The number of hydrogen-bond acceptors (Lipinski definition) is 4. The van der Waals surface area contributed by atoms with E-state index in [-0.39, 0.29) is 18.6 Å². The van der Waals surface area contributed by atoms with Crippen LogP contribution in [-0.2, 0) is 21.2 Å². The van der Waals surface area contributed by atoms with Gasteiger partial charge in [0.25, 0.3) is 5.91 Å². The summed E-state index contributed by atoms with van der Waals surface area (Å²) < 4.78 is 30.3. The lowest BCUT2D eigenvalue weighted by molar-refractivity contribution is -0.123. The summed E-state index contributed by atoms with van der Waals surface area (Å²) >= 11 is 0. The van der Waals surface area contributed by atoms with Crippen molar-refractivity contribution in [2.75, 3.05) is 23.7 Å². The van der Waals surface area contributed by atoms with E-state index < -0.39 is 10.0 Å². The third-order valence-electron chi connectivity index (χ3n) is 4.30. The first-order valence-corrected chi connectivity index (χ1v) is 11.2. The van der Waals surface area contributed by atoms with Gasteiger partial charge in [-0.2, -0.15) is 0 Å². The van der Waals surface area contributed by atoms with Crippen molar-refractivity contribution in [3.05, 3.63) is 60.2 Å². The number of nitrogens with one attached hydrogen (secondary N) is 1. The molecule has 0 aliphatic carbocycles. The molecule has 152 valence electrons. The molecule has 0 saturated carbocycles. The Bertz CT molecular complexity index is 852. The Hall–Kier alpha value is -2.54. The van der Waals surface area contributed by atoms with Crippen LogP contribution in [0.5, 0.6) is 5.75 Å². The third kappa shape index (κ3) is 6.88. The van der Waals surface area contributed by atoms with Crippen LogP contribution in [0.2, 0.25) is 0 Å². The highest BCUT2D eigenvalue weighted by molar-refractivity contribution is 7.92. The highest BCUT2D eigenvalue weighted by Crippen LogP contribution is 2.21. The summed E-state index contributed by atoms with van der Waals surface area (Å²) in [6.07, 6.45) is 2.92. The van der Waals surface area contributed by atoms with Gasteiger partial charge in [-0.1, -0.05) is 30.3 Å². The molecule has 2 aromatic rings. The molecule has 0 saturated heterocycles. The molecular weight excluding hydrogens is 376 g/mol. The van der Waals surface area contributed by atoms with Crippen molar-refractivity contribution in [1.29, 1.82) is 0 Å². The molecule has 2 aromatic carbocycles. The van der Waals surface area contributed by atoms with Crippen LogP contribution in [0.15, 0.2) is 54.6 Å². The minimum absolute atomic E-state index is 0.0477. The molecule has 0 aliphatic heterocycles. The summed E-state index contributed by atoms with van der Waals surface area (Å²) in [6.45, 7) is 4.01. The van der Waals surface area contributed by atoms with Gasteiger partial charge in [-0.25, -0.2) is 8.42 Å². The van der Waals surface area contributed by atoms with E-state index in [4.69, 9.17) is 4.74 Å². The molecule has 6 nitrogen and oxygen atoms in total. The molecule has 7 heteroatoms. The second-order valence-electron chi connectivity index (χ2n) is 6.70. The Morgan fingerprint density at radius 1 is 1.11 bits per heavy atom. The quantitative estimate of drug-likeness (QED) is 0.661. The number of anilines is 1. The number of aryl methyl sites for hydroxylation is 1. The predicted octanol–water partition coefficient (Wildman–Crippen LogP) is 2.99. The van der Waals surface area contributed by atoms with Gasteiger partial charge < -0.3 is 10.1 Å². The van der Waals surface area contributed by atoms with Crippen molar-refractivity contribution >= 4 is 21.6 Å². The average Bonchev–Trinajstić information content (AvgIpc) is 2.66. The molecule has 0 aromatic heterocycles. The van der Waals surface area contributed by atoms with Crippen LogP contribution in [0.25, 0.3) is 0 Å². The first-order valence-electron chi connectivity index (χ1n) is 9.33. The van der Waals surface area contributed by atoms with Crippen LogP contribution < -0.4 is 14.4 Å². The Morgan fingerprint density at radius 3 is 2.32 bits per heavy atom. The van der Waals surface area contributed by atoms with Gasteiger partial charge in [-0.05, 0) is 56.5 Å². The Morgan fingerprint density at radius 2 is 1.75 bits per heavy atom. The van der Waals surface area contributed by atoms with Gasteiger partial charge in [0, 0.05) is 12.6 Å². The zero-order valence-corrected chi connectivity index (χ0v) is 17.4. The molecule has 1 amide bonds. The fourth-order valence-corrected chi connectivity index (χ4v) is 3.86. The maximum atomic E-state index is 12.1. The molecule has 0 fully saturated rings. The minimum Gasteiger partial charge on any atom is -0.484 e. The topological polar surface area (TPSA) is 75.7 Å². The second kappa shape index (κ2) is 10.1. The molecule has 28 heavy (non-hydrogen) atoms. The Kier molecular flexibility index (Phi) is 7.87. The van der Waals surface area contributed by atoms with Crippen LogP contribution in [0.3, 0.4) is 0 Å². The monoisotopic (exact) mass is 404 g/mol. The van der Waals surface area contributed by atoms with Crippen LogP contribution in [0.4, 0.5) is 5.69 Å². The average molecular weight is 405 g/mol. The normalized spacial score (nSPS) is 12.2. The van der Waals surface area contributed by atoms with E-state index in [0.717, 1.165) is 12.8 Å². The number of carbonyl (C=O) groups excluding carboxylic acids is 1. The molecule has 0 spiro atoms. The fourth-order valence-electron chi connectivity index (χ4n) is 2.88. The van der Waals surface area contributed by atoms with E-state index in [1.165, 1.54) is 16.1 Å². The van der Waals surface area contributed by atoms with E-state index in [9.17, 15) is 13.2 Å². The van der Waals surface area contributed by atoms with E-state index in [1.807, 2.05) is 25.1 Å². The van der Waals surface area contributed by atoms with E-state index >= 15 is 0 Å². The predicted molar refractivity (Wildman–Crippen MR) is 112 cm³/mol. The summed E-state index contributed by atoms with van der Waals surface area (Å²) in [6, 6.07) is 16.9. The van der Waals surface area contributed by atoms with Gasteiger partial charge in [0.05, 0.1) is 11.9 Å². The lowest BCUT2D eigenvalue weighted by Gasteiger charge is -2.20. The highest BCUT2D eigenvalue weighted by atomic mass is 32.2. The van der Waals surface area contributed by atoms with Crippen LogP contribution in [-0.4, -0.2) is 39.8 Å². The van der Waals surface area contributed by atoms with E-state index in [0.29, 0.717) is 18.0 Å². The minimum atomic E-state index is -3.32. The molecule has 0 unspecified atom stereocenters. The van der Waals surface area contributed by atoms with Crippen molar-refractivity contribution in [3.63, 3.8) is 0 Å². The maximum Gasteiger partial charge on any atom is 0.258 e. The second-order valence-corrected chi connectivity index (χ2v) is 8.61. The van der Waals surface area contributed by atoms with Gasteiger partial charge in [0.15, 0.2) is 6.61 Å². The lowest BCUT2D eigenvalue weighted by Crippen LogP contribution is -2.36. The van der Waals surface area contributed by atoms with Crippen LogP contribution in [0, 0.1) is 0 Å². The number of sulfonamides is 1. The fraction of sp³-hybridized carbons (Fsp3) is 0.381. The van der Waals surface area contributed by atoms with Gasteiger partial charge >= 0.3 is 0 Å². The molecule has 0 radical (unpaired) electrons. The Balaban J connectivity index is 1.79.